The maximum absolute atomic E-state index is 11.7. The number of aromatic amines is 1. The number of carboxylic acid groups (broad SMARTS) is 1. The molecule has 0 spiro atoms. The summed E-state index contributed by atoms with van der Waals surface area (Å²) in [5, 5.41) is 26.0. The maximum Gasteiger partial charge on any atom is 0.297 e. The van der Waals surface area contributed by atoms with Gasteiger partial charge in [0, 0.05) is 11.1 Å². The van der Waals surface area contributed by atoms with E-state index in [4.69, 9.17) is 4.74 Å². The van der Waals surface area contributed by atoms with E-state index in [1.807, 2.05) is 55.5 Å². The predicted molar refractivity (Wildman–Crippen MR) is 119 cm³/mol. The zero-order valence-corrected chi connectivity index (χ0v) is 17.7. The van der Waals surface area contributed by atoms with Gasteiger partial charge in [-0.15, -0.1) is 10.2 Å². The number of carbonyl (C=O) groups excluding carboxylic acids is 1. The molecule has 1 N–H and O–H groups in total. The average molecular weight is 439 g/mol. The molecule has 5 aromatic rings. The highest BCUT2D eigenvalue weighted by Gasteiger charge is 2.16. The number of para-hydroxylation sites is 1. The minimum Gasteiger partial charge on any atom is -0.545 e. The largest absolute Gasteiger partial charge is 0.545 e. The summed E-state index contributed by atoms with van der Waals surface area (Å²) in [7, 11) is 0. The van der Waals surface area contributed by atoms with E-state index in [1.165, 1.54) is 6.07 Å². The Morgan fingerprint density at radius 2 is 1.82 bits per heavy atom. The van der Waals surface area contributed by atoms with E-state index in [9.17, 15) is 9.90 Å². The predicted octanol–water partition coefficient (Wildman–Crippen LogP) is 2.69. The molecule has 0 aliphatic carbocycles. The molecule has 0 amide bonds. The third-order valence-corrected chi connectivity index (χ3v) is 5.34. The number of hydrogen-bond acceptors (Lipinski definition) is 7. The molecule has 0 bridgehead atoms. The minimum atomic E-state index is -1.25. The molecule has 9 nitrogen and oxygen atoms in total. The number of aromatic carboxylic acids is 1. The number of imidazole rings is 1. The summed E-state index contributed by atoms with van der Waals surface area (Å²) in [6.45, 7) is 2.66. The lowest BCUT2D eigenvalue weighted by Gasteiger charge is -2.13. The Morgan fingerprint density at radius 1 is 1.03 bits per heavy atom. The van der Waals surface area contributed by atoms with Crippen LogP contribution in [0.5, 0.6) is 6.01 Å². The number of ether oxygens (including phenoxy) is 1. The summed E-state index contributed by atoms with van der Waals surface area (Å²) in [5.41, 5.74) is 4.92. The number of fused-ring (bicyclic) bond motifs is 1. The van der Waals surface area contributed by atoms with Gasteiger partial charge in [0.25, 0.3) is 6.01 Å². The van der Waals surface area contributed by atoms with Crippen molar-refractivity contribution in [3.05, 3.63) is 77.9 Å². The third-order valence-electron chi connectivity index (χ3n) is 5.34. The Bertz CT molecular complexity index is 1420. The lowest BCUT2D eigenvalue weighted by Crippen LogP contribution is -2.23. The number of nitrogens with zero attached hydrogens (tertiary/aromatic N) is 5. The fourth-order valence-corrected chi connectivity index (χ4v) is 3.89. The summed E-state index contributed by atoms with van der Waals surface area (Å²) in [4.78, 5) is 16.2. The standard InChI is InChI=1S/C24H20N6O3/c1-2-33-24-25-20-9-5-8-19(23(31)32)21(20)30(24)14-15-10-12-16(13-11-15)17-6-3-4-7-18(17)22-26-28-29-27-22/h3-13H,2,14H2,1H3,(H,31,32)(H,26,27,28,29)/p-1. The fourth-order valence-electron chi connectivity index (χ4n) is 3.89. The summed E-state index contributed by atoms with van der Waals surface area (Å²) in [5.74, 6) is -0.728. The SMILES string of the molecule is CCOc1nc2cccc(C(=O)[O-])c2n1Cc1ccc(-c2ccccc2-c2nn[nH]n2)cc1. The van der Waals surface area contributed by atoms with Crippen LogP contribution in [0.4, 0.5) is 0 Å². The number of nitrogens with one attached hydrogen (secondary N) is 1. The minimum absolute atomic E-state index is 0.0802. The van der Waals surface area contributed by atoms with Crippen LogP contribution in [0.3, 0.4) is 0 Å². The van der Waals surface area contributed by atoms with Gasteiger partial charge in [-0.05, 0) is 34.9 Å². The van der Waals surface area contributed by atoms with Gasteiger partial charge < -0.3 is 14.6 Å². The third kappa shape index (κ3) is 3.80. The topological polar surface area (TPSA) is 122 Å². The molecule has 3 aromatic carbocycles. The van der Waals surface area contributed by atoms with Gasteiger partial charge in [-0.25, -0.2) is 0 Å². The molecule has 9 heteroatoms. The van der Waals surface area contributed by atoms with Crippen LogP contribution < -0.4 is 9.84 Å². The van der Waals surface area contributed by atoms with Gasteiger partial charge in [-0.1, -0.05) is 60.7 Å². The number of benzene rings is 3. The first-order valence-electron chi connectivity index (χ1n) is 10.4. The van der Waals surface area contributed by atoms with E-state index < -0.39 is 5.97 Å². The van der Waals surface area contributed by atoms with Crippen molar-refractivity contribution in [2.75, 3.05) is 6.61 Å². The van der Waals surface area contributed by atoms with Gasteiger partial charge in [-0.3, -0.25) is 4.57 Å². The lowest BCUT2D eigenvalue weighted by atomic mass is 9.98. The Labute approximate surface area is 188 Å². The number of tetrazole rings is 1. The number of carbonyl (C=O) groups is 1. The Morgan fingerprint density at radius 3 is 2.52 bits per heavy atom. The average Bonchev–Trinajstić information content (AvgIpc) is 3.49. The lowest BCUT2D eigenvalue weighted by molar-refractivity contribution is -0.254. The Kier molecular flexibility index (Phi) is 5.27. The van der Waals surface area contributed by atoms with Gasteiger partial charge in [0.2, 0.25) is 5.82 Å². The highest BCUT2D eigenvalue weighted by atomic mass is 16.5. The molecule has 33 heavy (non-hydrogen) atoms. The van der Waals surface area contributed by atoms with Crippen molar-refractivity contribution in [2.45, 2.75) is 13.5 Å². The van der Waals surface area contributed by atoms with Crippen molar-refractivity contribution in [3.63, 3.8) is 0 Å². The quantitative estimate of drug-likeness (QED) is 0.414. The number of H-pyrrole nitrogens is 1. The Balaban J connectivity index is 1.53. The molecule has 0 saturated carbocycles. The van der Waals surface area contributed by atoms with Crippen molar-refractivity contribution in [1.29, 1.82) is 0 Å². The monoisotopic (exact) mass is 439 g/mol. The van der Waals surface area contributed by atoms with E-state index >= 15 is 0 Å². The fraction of sp³-hybridized carbons (Fsp3) is 0.125. The molecule has 5 rings (SSSR count). The highest BCUT2D eigenvalue weighted by molar-refractivity contribution is 6.00. The second-order valence-corrected chi connectivity index (χ2v) is 7.35. The van der Waals surface area contributed by atoms with Crippen molar-refractivity contribution in [1.82, 2.24) is 30.2 Å². The van der Waals surface area contributed by atoms with Crippen LogP contribution in [0.1, 0.15) is 22.8 Å². The van der Waals surface area contributed by atoms with Gasteiger partial charge in [-0.2, -0.15) is 10.2 Å². The first kappa shape index (κ1) is 20.4. The molecule has 164 valence electrons. The van der Waals surface area contributed by atoms with Crippen LogP contribution in [0.25, 0.3) is 33.5 Å². The summed E-state index contributed by atoms with van der Waals surface area (Å²) < 4.78 is 7.46. The van der Waals surface area contributed by atoms with Crippen molar-refractivity contribution in [2.24, 2.45) is 0 Å². The molecule has 0 aliphatic heterocycles. The summed E-state index contributed by atoms with van der Waals surface area (Å²) >= 11 is 0. The van der Waals surface area contributed by atoms with E-state index in [2.05, 4.69) is 25.6 Å². The van der Waals surface area contributed by atoms with E-state index in [0.29, 0.717) is 36.0 Å². The molecular weight excluding hydrogens is 420 g/mol. The van der Waals surface area contributed by atoms with Crippen LogP contribution in [0, 0.1) is 0 Å². The normalized spacial score (nSPS) is 11.1. The second-order valence-electron chi connectivity index (χ2n) is 7.35. The van der Waals surface area contributed by atoms with E-state index in [0.717, 1.165) is 22.3 Å². The van der Waals surface area contributed by atoms with Crippen molar-refractivity contribution in [3.8, 4) is 28.5 Å². The summed E-state index contributed by atoms with van der Waals surface area (Å²) in [6.07, 6.45) is 0. The molecule has 0 saturated heterocycles. The van der Waals surface area contributed by atoms with Crippen LogP contribution in [0.15, 0.2) is 66.7 Å². The molecule has 0 aliphatic rings. The molecule has 0 radical (unpaired) electrons. The summed E-state index contributed by atoms with van der Waals surface area (Å²) in [6, 6.07) is 21.1. The number of carboxylic acids is 1. The zero-order valence-electron chi connectivity index (χ0n) is 17.7. The molecule has 0 fully saturated rings. The van der Waals surface area contributed by atoms with Crippen LogP contribution >= 0.6 is 0 Å². The molecular formula is C24H19N6O3-. The molecule has 2 aromatic heterocycles. The zero-order chi connectivity index (χ0) is 22.8. The van der Waals surface area contributed by atoms with E-state index in [-0.39, 0.29) is 5.56 Å². The van der Waals surface area contributed by atoms with Gasteiger partial charge in [0.15, 0.2) is 0 Å². The smallest absolute Gasteiger partial charge is 0.297 e. The molecule has 0 atom stereocenters. The van der Waals surface area contributed by atoms with Crippen LogP contribution in [-0.4, -0.2) is 42.8 Å². The first-order valence-corrected chi connectivity index (χ1v) is 10.4. The van der Waals surface area contributed by atoms with Crippen molar-refractivity contribution < 1.29 is 14.6 Å². The number of hydrogen-bond donors (Lipinski definition) is 1. The van der Waals surface area contributed by atoms with Gasteiger partial charge in [0.05, 0.1) is 30.2 Å². The van der Waals surface area contributed by atoms with E-state index in [1.54, 1.807) is 16.7 Å². The van der Waals surface area contributed by atoms with Gasteiger partial charge in [0.1, 0.15) is 0 Å². The highest BCUT2D eigenvalue weighted by Crippen LogP contribution is 2.31. The van der Waals surface area contributed by atoms with Gasteiger partial charge >= 0.3 is 0 Å². The number of rotatable bonds is 7. The second kappa shape index (κ2) is 8.54. The van der Waals surface area contributed by atoms with Crippen molar-refractivity contribution >= 4 is 17.0 Å². The van der Waals surface area contributed by atoms with Crippen LogP contribution in [0.2, 0.25) is 0 Å². The Hall–Kier alpha value is -4.53. The van der Waals surface area contributed by atoms with Crippen LogP contribution in [-0.2, 0) is 6.54 Å². The first-order chi connectivity index (χ1) is 16.2. The molecule has 0 unspecified atom stereocenters. The maximum atomic E-state index is 11.7. The number of aromatic nitrogens is 6. The molecule has 2 heterocycles.